The van der Waals surface area contributed by atoms with Crippen LogP contribution in [0.3, 0.4) is 0 Å². The van der Waals surface area contributed by atoms with Gasteiger partial charge in [0.25, 0.3) is 0 Å². The zero-order valence-corrected chi connectivity index (χ0v) is 8.51. The van der Waals surface area contributed by atoms with Crippen molar-refractivity contribution in [2.75, 3.05) is 0 Å². The van der Waals surface area contributed by atoms with Crippen LogP contribution in [-0.2, 0) is 12.8 Å². The summed E-state index contributed by atoms with van der Waals surface area (Å²) in [5.74, 6) is 0.365. The van der Waals surface area contributed by atoms with Crippen molar-refractivity contribution in [3.63, 3.8) is 0 Å². The molecule has 15 heavy (non-hydrogen) atoms. The van der Waals surface area contributed by atoms with Crippen LogP contribution in [0.15, 0.2) is 18.2 Å². The van der Waals surface area contributed by atoms with Gasteiger partial charge in [-0.15, -0.1) is 0 Å². The van der Waals surface area contributed by atoms with E-state index >= 15 is 0 Å². The Morgan fingerprint density at radius 3 is 2.67 bits per heavy atom. The van der Waals surface area contributed by atoms with Gasteiger partial charge in [0.15, 0.2) is 0 Å². The number of aryl methyl sites for hydroxylation is 1. The second-order valence-corrected chi connectivity index (χ2v) is 3.83. The molecular formula is C12H14F2O. The molecule has 1 nitrogen and oxygen atoms in total. The predicted octanol–water partition coefficient (Wildman–Crippen LogP) is 3.56. The molecule has 0 heterocycles. The molecule has 0 saturated carbocycles. The number of fused-ring (bicyclic) bond motifs is 1. The lowest BCUT2D eigenvalue weighted by Gasteiger charge is -2.12. The zero-order valence-electron chi connectivity index (χ0n) is 8.51. The number of ether oxygens (including phenoxy) is 1. The third kappa shape index (κ3) is 2.46. The lowest BCUT2D eigenvalue weighted by Crippen LogP contribution is -2.05. The Hall–Kier alpha value is -1.12. The average Bonchev–Trinajstić information content (AvgIpc) is 2.42. The summed E-state index contributed by atoms with van der Waals surface area (Å²) in [6.07, 6.45) is 5.22. The summed E-state index contributed by atoms with van der Waals surface area (Å²) in [5.41, 5.74) is 2.15. The van der Waals surface area contributed by atoms with E-state index in [0.29, 0.717) is 5.75 Å². The SMILES string of the molecule is FC(F)Oc1cccc2c1CCCCC2. The highest BCUT2D eigenvalue weighted by atomic mass is 19.3. The average molecular weight is 212 g/mol. The van der Waals surface area contributed by atoms with Crippen molar-refractivity contribution < 1.29 is 13.5 Å². The van der Waals surface area contributed by atoms with Crippen molar-refractivity contribution in [2.24, 2.45) is 0 Å². The first kappa shape index (κ1) is 10.4. The van der Waals surface area contributed by atoms with Crippen LogP contribution >= 0.6 is 0 Å². The molecule has 1 aromatic carbocycles. The van der Waals surface area contributed by atoms with E-state index in [-0.39, 0.29) is 0 Å². The fourth-order valence-electron chi connectivity index (χ4n) is 2.13. The van der Waals surface area contributed by atoms with Gasteiger partial charge in [-0.3, -0.25) is 0 Å². The van der Waals surface area contributed by atoms with Crippen LogP contribution in [0.5, 0.6) is 5.75 Å². The van der Waals surface area contributed by atoms with E-state index < -0.39 is 6.61 Å². The summed E-state index contributed by atoms with van der Waals surface area (Å²) in [4.78, 5) is 0. The molecule has 0 radical (unpaired) electrons. The van der Waals surface area contributed by atoms with Gasteiger partial charge in [-0.25, -0.2) is 0 Å². The molecule has 0 amide bonds. The molecule has 0 atom stereocenters. The molecule has 2 rings (SSSR count). The first-order chi connectivity index (χ1) is 7.27. The lowest BCUT2D eigenvalue weighted by atomic mass is 10.0. The minimum atomic E-state index is -2.72. The highest BCUT2D eigenvalue weighted by Gasteiger charge is 2.14. The number of halogens is 2. The third-order valence-electron chi connectivity index (χ3n) is 2.82. The van der Waals surface area contributed by atoms with Crippen LogP contribution in [0, 0.1) is 0 Å². The molecule has 0 fully saturated rings. The highest BCUT2D eigenvalue weighted by Crippen LogP contribution is 2.29. The highest BCUT2D eigenvalue weighted by molar-refractivity contribution is 5.41. The molecule has 0 unspecified atom stereocenters. The number of rotatable bonds is 2. The molecule has 1 aliphatic rings. The normalized spacial score (nSPS) is 15.9. The Morgan fingerprint density at radius 1 is 1.07 bits per heavy atom. The first-order valence-electron chi connectivity index (χ1n) is 5.33. The standard InChI is InChI=1S/C12H14F2O/c13-12(14)15-11-8-4-6-9-5-2-1-3-7-10(9)11/h4,6,8,12H,1-3,5,7H2. The number of alkyl halides is 2. The molecule has 0 saturated heterocycles. The van der Waals surface area contributed by atoms with Crippen molar-refractivity contribution in [3.05, 3.63) is 29.3 Å². The molecule has 0 N–H and O–H groups in total. The van der Waals surface area contributed by atoms with Gasteiger partial charge in [0.1, 0.15) is 5.75 Å². The van der Waals surface area contributed by atoms with Gasteiger partial charge < -0.3 is 4.74 Å². The van der Waals surface area contributed by atoms with E-state index in [9.17, 15) is 8.78 Å². The Morgan fingerprint density at radius 2 is 1.87 bits per heavy atom. The van der Waals surface area contributed by atoms with E-state index in [1.807, 2.05) is 6.07 Å². The Kier molecular flexibility index (Phi) is 3.19. The summed E-state index contributed by atoms with van der Waals surface area (Å²) in [5, 5.41) is 0. The maximum atomic E-state index is 12.2. The molecule has 0 aromatic heterocycles. The van der Waals surface area contributed by atoms with Crippen LogP contribution in [0.25, 0.3) is 0 Å². The van der Waals surface area contributed by atoms with Crippen LogP contribution < -0.4 is 4.74 Å². The molecule has 1 aromatic rings. The monoisotopic (exact) mass is 212 g/mol. The maximum absolute atomic E-state index is 12.2. The summed E-state index contributed by atoms with van der Waals surface area (Å²) in [6, 6.07) is 5.44. The van der Waals surface area contributed by atoms with Gasteiger partial charge in [-0.1, -0.05) is 18.6 Å². The Bertz CT molecular complexity index is 336. The molecule has 0 aliphatic heterocycles. The predicted molar refractivity (Wildman–Crippen MR) is 54.3 cm³/mol. The molecule has 0 bridgehead atoms. The third-order valence-corrected chi connectivity index (χ3v) is 2.82. The van der Waals surface area contributed by atoms with Gasteiger partial charge in [0.2, 0.25) is 0 Å². The van der Waals surface area contributed by atoms with Gasteiger partial charge in [0.05, 0.1) is 0 Å². The van der Waals surface area contributed by atoms with Gasteiger partial charge >= 0.3 is 6.61 Å². The minimum Gasteiger partial charge on any atom is -0.435 e. The fraction of sp³-hybridized carbons (Fsp3) is 0.500. The Labute approximate surface area is 88.1 Å². The second-order valence-electron chi connectivity index (χ2n) is 3.83. The van der Waals surface area contributed by atoms with Gasteiger partial charge in [0, 0.05) is 0 Å². The summed E-state index contributed by atoms with van der Waals surface area (Å²) in [6.45, 7) is -2.72. The number of benzene rings is 1. The fourth-order valence-corrected chi connectivity index (χ4v) is 2.13. The molecule has 0 spiro atoms. The second kappa shape index (κ2) is 4.60. The maximum Gasteiger partial charge on any atom is 0.387 e. The topological polar surface area (TPSA) is 9.23 Å². The van der Waals surface area contributed by atoms with Gasteiger partial charge in [-0.05, 0) is 42.9 Å². The van der Waals surface area contributed by atoms with Crippen molar-refractivity contribution in [3.8, 4) is 5.75 Å². The van der Waals surface area contributed by atoms with Crippen molar-refractivity contribution >= 4 is 0 Å². The van der Waals surface area contributed by atoms with Crippen LogP contribution in [-0.4, -0.2) is 6.61 Å². The molecular weight excluding hydrogens is 198 g/mol. The smallest absolute Gasteiger partial charge is 0.387 e. The summed E-state index contributed by atoms with van der Waals surface area (Å²) in [7, 11) is 0. The van der Waals surface area contributed by atoms with Crippen LogP contribution in [0.1, 0.15) is 30.4 Å². The van der Waals surface area contributed by atoms with Crippen molar-refractivity contribution in [1.29, 1.82) is 0 Å². The summed E-state index contributed by atoms with van der Waals surface area (Å²) < 4.78 is 28.9. The van der Waals surface area contributed by atoms with Crippen LogP contribution in [0.4, 0.5) is 8.78 Å². The quantitative estimate of drug-likeness (QED) is 0.681. The zero-order chi connectivity index (χ0) is 10.7. The van der Waals surface area contributed by atoms with E-state index in [4.69, 9.17) is 0 Å². The largest absolute Gasteiger partial charge is 0.435 e. The molecule has 3 heteroatoms. The molecule has 1 aliphatic carbocycles. The molecule has 82 valence electrons. The van der Waals surface area contributed by atoms with E-state index in [1.54, 1.807) is 12.1 Å². The first-order valence-corrected chi connectivity index (χ1v) is 5.33. The van der Waals surface area contributed by atoms with Gasteiger partial charge in [-0.2, -0.15) is 8.78 Å². The summed E-state index contributed by atoms with van der Waals surface area (Å²) >= 11 is 0. The minimum absolute atomic E-state index is 0.365. The van der Waals surface area contributed by atoms with E-state index in [1.165, 1.54) is 12.0 Å². The lowest BCUT2D eigenvalue weighted by molar-refractivity contribution is -0.0504. The van der Waals surface area contributed by atoms with Crippen LogP contribution in [0.2, 0.25) is 0 Å². The van der Waals surface area contributed by atoms with E-state index in [0.717, 1.165) is 31.2 Å². The number of hydrogen-bond acceptors (Lipinski definition) is 1. The van der Waals surface area contributed by atoms with Crippen molar-refractivity contribution in [1.82, 2.24) is 0 Å². The van der Waals surface area contributed by atoms with Crippen molar-refractivity contribution in [2.45, 2.75) is 38.7 Å². The van der Waals surface area contributed by atoms with E-state index in [2.05, 4.69) is 4.74 Å². The Balaban J connectivity index is 2.30. The number of hydrogen-bond donors (Lipinski definition) is 0.